The fourth-order valence-electron chi connectivity index (χ4n) is 2.58. The number of benzene rings is 1. The van der Waals surface area contributed by atoms with Crippen LogP contribution >= 0.6 is 0 Å². The molecule has 1 aromatic carbocycles. The van der Waals surface area contributed by atoms with Crippen molar-refractivity contribution in [1.82, 2.24) is 4.90 Å². The quantitative estimate of drug-likeness (QED) is 0.843. The van der Waals surface area contributed by atoms with Gasteiger partial charge in [0, 0.05) is 13.1 Å². The Balaban J connectivity index is 1.99. The Labute approximate surface area is 118 Å². The summed E-state index contributed by atoms with van der Waals surface area (Å²) < 4.78 is 4.76. The standard InChI is InChI=1S/C15H19NO4/c1-10-8-16(9-13(10)15(19)20-2)14(18)7-11-4-3-5-12(17)6-11/h3-6,10,13,17H,7-9H2,1-2H3. The summed E-state index contributed by atoms with van der Waals surface area (Å²) in [5, 5.41) is 9.39. The van der Waals surface area contributed by atoms with Gasteiger partial charge in [-0.05, 0) is 23.6 Å². The molecule has 1 amide bonds. The number of phenolic OH excluding ortho intramolecular Hbond substituents is 1. The fourth-order valence-corrected chi connectivity index (χ4v) is 2.58. The largest absolute Gasteiger partial charge is 0.508 e. The van der Waals surface area contributed by atoms with Gasteiger partial charge in [0.25, 0.3) is 0 Å². The molecule has 2 unspecified atom stereocenters. The van der Waals surface area contributed by atoms with Gasteiger partial charge in [0.1, 0.15) is 5.75 Å². The van der Waals surface area contributed by atoms with Crippen molar-refractivity contribution in [2.24, 2.45) is 11.8 Å². The van der Waals surface area contributed by atoms with Gasteiger partial charge in [-0.25, -0.2) is 0 Å². The van der Waals surface area contributed by atoms with Crippen molar-refractivity contribution in [2.75, 3.05) is 20.2 Å². The molecule has 5 nitrogen and oxygen atoms in total. The van der Waals surface area contributed by atoms with Gasteiger partial charge in [-0.3, -0.25) is 9.59 Å². The van der Waals surface area contributed by atoms with Crippen LogP contribution in [0, 0.1) is 11.8 Å². The first-order chi connectivity index (χ1) is 9.51. The zero-order chi connectivity index (χ0) is 14.7. The van der Waals surface area contributed by atoms with Crippen LogP contribution in [0.1, 0.15) is 12.5 Å². The number of amides is 1. The molecule has 0 aliphatic carbocycles. The number of esters is 1. The first kappa shape index (κ1) is 14.4. The second-order valence-corrected chi connectivity index (χ2v) is 5.25. The number of nitrogens with zero attached hydrogens (tertiary/aromatic N) is 1. The number of rotatable bonds is 3. The van der Waals surface area contributed by atoms with E-state index >= 15 is 0 Å². The first-order valence-electron chi connectivity index (χ1n) is 6.64. The molecule has 1 aromatic rings. The molecule has 108 valence electrons. The Hall–Kier alpha value is -2.04. The minimum atomic E-state index is -0.259. The average Bonchev–Trinajstić information content (AvgIpc) is 2.80. The molecule has 1 saturated heterocycles. The van der Waals surface area contributed by atoms with Crippen LogP contribution in [-0.2, 0) is 20.7 Å². The minimum absolute atomic E-state index is 0.0335. The van der Waals surface area contributed by atoms with E-state index < -0.39 is 0 Å². The van der Waals surface area contributed by atoms with E-state index in [9.17, 15) is 14.7 Å². The smallest absolute Gasteiger partial charge is 0.310 e. The van der Waals surface area contributed by atoms with Gasteiger partial charge >= 0.3 is 5.97 Å². The molecule has 0 radical (unpaired) electrons. The maximum atomic E-state index is 12.2. The number of likely N-dealkylation sites (tertiary alicyclic amines) is 1. The van der Waals surface area contributed by atoms with Crippen molar-refractivity contribution < 1.29 is 19.4 Å². The molecular formula is C15H19NO4. The van der Waals surface area contributed by atoms with Gasteiger partial charge in [0.15, 0.2) is 0 Å². The van der Waals surface area contributed by atoms with E-state index in [4.69, 9.17) is 4.74 Å². The maximum Gasteiger partial charge on any atom is 0.310 e. The zero-order valence-electron chi connectivity index (χ0n) is 11.7. The highest BCUT2D eigenvalue weighted by atomic mass is 16.5. The summed E-state index contributed by atoms with van der Waals surface area (Å²) in [6.07, 6.45) is 0.231. The average molecular weight is 277 g/mol. The Bertz CT molecular complexity index is 514. The lowest BCUT2D eigenvalue weighted by atomic mass is 9.99. The van der Waals surface area contributed by atoms with Crippen LogP contribution in [-0.4, -0.2) is 42.1 Å². The zero-order valence-corrected chi connectivity index (χ0v) is 11.7. The van der Waals surface area contributed by atoms with Crippen molar-refractivity contribution in [3.8, 4) is 5.75 Å². The van der Waals surface area contributed by atoms with Gasteiger partial charge in [-0.15, -0.1) is 0 Å². The van der Waals surface area contributed by atoms with Gasteiger partial charge < -0.3 is 14.7 Å². The number of aromatic hydroxyl groups is 1. The van der Waals surface area contributed by atoms with Crippen LogP contribution in [0.4, 0.5) is 0 Å². The van der Waals surface area contributed by atoms with Gasteiger partial charge in [-0.1, -0.05) is 19.1 Å². The molecule has 0 spiro atoms. The maximum absolute atomic E-state index is 12.2. The number of hydrogen-bond acceptors (Lipinski definition) is 4. The van der Waals surface area contributed by atoms with E-state index in [1.807, 2.05) is 6.92 Å². The van der Waals surface area contributed by atoms with E-state index in [1.165, 1.54) is 7.11 Å². The summed E-state index contributed by atoms with van der Waals surface area (Å²) in [6, 6.07) is 6.66. The van der Waals surface area contributed by atoms with Crippen molar-refractivity contribution in [3.05, 3.63) is 29.8 Å². The summed E-state index contributed by atoms with van der Waals surface area (Å²) in [6.45, 7) is 2.92. The second kappa shape index (κ2) is 5.94. The third kappa shape index (κ3) is 3.10. The highest BCUT2D eigenvalue weighted by Gasteiger charge is 2.37. The van der Waals surface area contributed by atoms with Crippen molar-refractivity contribution in [1.29, 1.82) is 0 Å². The van der Waals surface area contributed by atoms with E-state index in [-0.39, 0.29) is 35.9 Å². The number of phenols is 1. The lowest BCUT2D eigenvalue weighted by molar-refractivity contribution is -0.146. The van der Waals surface area contributed by atoms with Crippen molar-refractivity contribution in [2.45, 2.75) is 13.3 Å². The molecular weight excluding hydrogens is 258 g/mol. The van der Waals surface area contributed by atoms with Gasteiger partial charge in [0.05, 0.1) is 19.4 Å². The summed E-state index contributed by atoms with van der Waals surface area (Å²) in [7, 11) is 1.37. The Morgan fingerprint density at radius 3 is 2.80 bits per heavy atom. The molecule has 1 N–H and O–H groups in total. The molecule has 2 rings (SSSR count). The number of methoxy groups -OCH3 is 1. The fraction of sp³-hybridized carbons (Fsp3) is 0.467. The number of carbonyl (C=O) groups is 2. The molecule has 0 saturated carbocycles. The molecule has 1 aliphatic heterocycles. The Kier molecular flexibility index (Phi) is 4.27. The van der Waals surface area contributed by atoms with Crippen LogP contribution < -0.4 is 0 Å². The summed E-state index contributed by atoms with van der Waals surface area (Å²) in [4.78, 5) is 25.5. The predicted octanol–water partition coefficient (Wildman–Crippen LogP) is 1.20. The third-order valence-electron chi connectivity index (χ3n) is 3.73. The molecule has 0 aromatic heterocycles. The monoisotopic (exact) mass is 277 g/mol. The van der Waals surface area contributed by atoms with Crippen LogP contribution in [0.15, 0.2) is 24.3 Å². The number of carbonyl (C=O) groups excluding carboxylic acids is 2. The van der Waals surface area contributed by atoms with E-state index in [2.05, 4.69) is 0 Å². The molecule has 1 aliphatic rings. The molecule has 0 bridgehead atoms. The lowest BCUT2D eigenvalue weighted by Gasteiger charge is -2.16. The Morgan fingerprint density at radius 1 is 1.40 bits per heavy atom. The van der Waals surface area contributed by atoms with Crippen LogP contribution in [0.3, 0.4) is 0 Å². The second-order valence-electron chi connectivity index (χ2n) is 5.25. The van der Waals surface area contributed by atoms with Crippen LogP contribution in [0.5, 0.6) is 5.75 Å². The van der Waals surface area contributed by atoms with E-state index in [0.717, 1.165) is 5.56 Å². The Morgan fingerprint density at radius 2 is 2.15 bits per heavy atom. The lowest BCUT2D eigenvalue weighted by Crippen LogP contribution is -2.31. The third-order valence-corrected chi connectivity index (χ3v) is 3.73. The molecule has 20 heavy (non-hydrogen) atoms. The van der Waals surface area contributed by atoms with Crippen molar-refractivity contribution in [3.63, 3.8) is 0 Å². The predicted molar refractivity (Wildman–Crippen MR) is 73.1 cm³/mol. The first-order valence-corrected chi connectivity index (χ1v) is 6.64. The highest BCUT2D eigenvalue weighted by molar-refractivity contribution is 5.81. The highest BCUT2D eigenvalue weighted by Crippen LogP contribution is 2.25. The van der Waals surface area contributed by atoms with Gasteiger partial charge in [0.2, 0.25) is 5.91 Å². The molecule has 5 heteroatoms. The summed E-state index contributed by atoms with van der Waals surface area (Å²) in [5.74, 6) is -0.278. The summed E-state index contributed by atoms with van der Waals surface area (Å²) >= 11 is 0. The normalized spacial score (nSPS) is 21.8. The van der Waals surface area contributed by atoms with Gasteiger partial charge in [-0.2, -0.15) is 0 Å². The molecule has 1 heterocycles. The number of ether oxygens (including phenoxy) is 1. The topological polar surface area (TPSA) is 66.8 Å². The summed E-state index contributed by atoms with van der Waals surface area (Å²) in [5.41, 5.74) is 0.768. The van der Waals surface area contributed by atoms with Crippen LogP contribution in [0.25, 0.3) is 0 Å². The van der Waals surface area contributed by atoms with E-state index in [0.29, 0.717) is 13.1 Å². The number of hydrogen-bond donors (Lipinski definition) is 1. The van der Waals surface area contributed by atoms with Crippen LogP contribution in [0.2, 0.25) is 0 Å². The van der Waals surface area contributed by atoms with Crippen molar-refractivity contribution >= 4 is 11.9 Å². The minimum Gasteiger partial charge on any atom is -0.508 e. The molecule has 1 fully saturated rings. The molecule has 2 atom stereocenters. The van der Waals surface area contributed by atoms with E-state index in [1.54, 1.807) is 29.2 Å². The SMILES string of the molecule is COC(=O)C1CN(C(=O)Cc2cccc(O)c2)CC1C.